The average molecular weight is 355 g/mol. The lowest BCUT2D eigenvalue weighted by Crippen LogP contribution is -1.87. The number of hydrogen-bond acceptors (Lipinski definition) is 1. The van der Waals surface area contributed by atoms with Crippen LogP contribution in [0.25, 0.3) is 44.0 Å². The zero-order chi connectivity index (χ0) is 18.9. The summed E-state index contributed by atoms with van der Waals surface area (Å²) in [7, 11) is 0. The van der Waals surface area contributed by atoms with Crippen LogP contribution >= 0.6 is 0 Å². The molecule has 0 radical (unpaired) electrons. The van der Waals surface area contributed by atoms with Crippen molar-refractivity contribution in [1.82, 2.24) is 0 Å². The highest BCUT2D eigenvalue weighted by Crippen LogP contribution is 2.32. The zero-order valence-electron chi connectivity index (χ0n) is 15.3. The summed E-state index contributed by atoms with van der Waals surface area (Å²) in [6.45, 7) is 0. The van der Waals surface area contributed by atoms with Gasteiger partial charge in [0.2, 0.25) is 0 Å². The Hall–Kier alpha value is -3.89. The first kappa shape index (κ1) is 16.3. The highest BCUT2D eigenvalue weighted by molar-refractivity contribution is 6.10. The largest absolute Gasteiger partial charge is 0.192 e. The Morgan fingerprint density at radius 1 is 0.607 bits per heavy atom. The van der Waals surface area contributed by atoms with Gasteiger partial charge in [0, 0.05) is 0 Å². The molecule has 0 aliphatic carbocycles. The van der Waals surface area contributed by atoms with Gasteiger partial charge in [0.25, 0.3) is 0 Å². The standard InChI is InChI=1S/C27H17N/c28-18-24(21-14-13-19-7-1-2-8-20(19)15-21)17-27-25-11-5-3-9-22(25)16-23-10-4-6-12-26(23)27/h1-17H/b24-17-. The van der Waals surface area contributed by atoms with Crippen LogP contribution in [0.2, 0.25) is 0 Å². The first-order chi connectivity index (χ1) is 13.8. The maximum Gasteiger partial charge on any atom is 0.0998 e. The van der Waals surface area contributed by atoms with Gasteiger partial charge in [-0.2, -0.15) is 5.26 Å². The van der Waals surface area contributed by atoms with E-state index in [1.165, 1.54) is 16.2 Å². The number of benzene rings is 5. The minimum Gasteiger partial charge on any atom is -0.192 e. The fourth-order valence-corrected chi connectivity index (χ4v) is 3.89. The van der Waals surface area contributed by atoms with Crippen LogP contribution in [0.15, 0.2) is 97.1 Å². The Morgan fingerprint density at radius 3 is 1.82 bits per heavy atom. The summed E-state index contributed by atoms with van der Waals surface area (Å²) in [6, 6.07) is 35.8. The summed E-state index contributed by atoms with van der Waals surface area (Å²) in [5.41, 5.74) is 2.71. The molecule has 0 spiro atoms. The van der Waals surface area contributed by atoms with E-state index in [9.17, 15) is 5.26 Å². The molecule has 0 N–H and O–H groups in total. The molecule has 0 saturated heterocycles. The summed E-state index contributed by atoms with van der Waals surface area (Å²) in [5.74, 6) is 0. The fraction of sp³-hybridized carbons (Fsp3) is 0. The Balaban J connectivity index is 1.79. The third-order valence-corrected chi connectivity index (χ3v) is 5.28. The van der Waals surface area contributed by atoms with Crippen LogP contribution in [0.3, 0.4) is 0 Å². The van der Waals surface area contributed by atoms with Crippen molar-refractivity contribution in [3.8, 4) is 6.07 Å². The van der Waals surface area contributed by atoms with Crippen molar-refractivity contribution in [2.75, 3.05) is 0 Å². The molecular formula is C27H17N. The van der Waals surface area contributed by atoms with Crippen molar-refractivity contribution in [1.29, 1.82) is 5.26 Å². The molecule has 0 bridgehead atoms. The molecule has 0 aliphatic rings. The summed E-state index contributed by atoms with van der Waals surface area (Å²) in [5, 5.41) is 17.0. The van der Waals surface area contributed by atoms with Gasteiger partial charge in [-0.25, -0.2) is 0 Å². The molecule has 130 valence electrons. The van der Waals surface area contributed by atoms with Crippen molar-refractivity contribution in [2.45, 2.75) is 0 Å². The minimum absolute atomic E-state index is 0.673. The van der Waals surface area contributed by atoms with E-state index in [0.29, 0.717) is 5.57 Å². The van der Waals surface area contributed by atoms with E-state index < -0.39 is 0 Å². The van der Waals surface area contributed by atoms with Gasteiger partial charge in [0.1, 0.15) is 0 Å². The van der Waals surface area contributed by atoms with Gasteiger partial charge in [-0.3, -0.25) is 0 Å². The van der Waals surface area contributed by atoms with Crippen molar-refractivity contribution in [2.24, 2.45) is 0 Å². The Kier molecular flexibility index (Phi) is 3.89. The molecule has 28 heavy (non-hydrogen) atoms. The molecule has 0 fully saturated rings. The molecule has 5 aromatic rings. The molecule has 5 aromatic carbocycles. The van der Waals surface area contributed by atoms with Crippen molar-refractivity contribution in [3.05, 3.63) is 108 Å². The maximum absolute atomic E-state index is 9.94. The molecule has 0 amide bonds. The first-order valence-corrected chi connectivity index (χ1v) is 9.35. The highest BCUT2D eigenvalue weighted by atomic mass is 14.3. The molecule has 0 aromatic heterocycles. The molecule has 1 heteroatoms. The van der Waals surface area contributed by atoms with Crippen LogP contribution in [0.1, 0.15) is 11.1 Å². The second-order valence-electron chi connectivity index (χ2n) is 6.96. The smallest absolute Gasteiger partial charge is 0.0998 e. The van der Waals surface area contributed by atoms with Gasteiger partial charge in [0.15, 0.2) is 0 Å². The topological polar surface area (TPSA) is 23.8 Å². The number of nitrogens with zero attached hydrogens (tertiary/aromatic N) is 1. The Labute approximate surface area is 163 Å². The maximum atomic E-state index is 9.94. The van der Waals surface area contributed by atoms with Gasteiger partial charge < -0.3 is 0 Å². The van der Waals surface area contributed by atoms with Crippen LogP contribution in [-0.4, -0.2) is 0 Å². The molecule has 1 nitrogen and oxygen atoms in total. The van der Waals surface area contributed by atoms with E-state index in [1.807, 2.05) is 24.3 Å². The van der Waals surface area contributed by atoms with Crippen LogP contribution < -0.4 is 0 Å². The lowest BCUT2D eigenvalue weighted by atomic mass is 9.93. The summed E-state index contributed by atoms with van der Waals surface area (Å²) >= 11 is 0. The fourth-order valence-electron chi connectivity index (χ4n) is 3.89. The first-order valence-electron chi connectivity index (χ1n) is 9.35. The minimum atomic E-state index is 0.673. The number of rotatable bonds is 2. The van der Waals surface area contributed by atoms with Crippen molar-refractivity contribution >= 4 is 44.0 Å². The molecule has 0 saturated carbocycles. The second kappa shape index (κ2) is 6.68. The van der Waals surface area contributed by atoms with Crippen LogP contribution in [0.5, 0.6) is 0 Å². The summed E-state index contributed by atoms with van der Waals surface area (Å²) in [6.07, 6.45) is 2.04. The summed E-state index contributed by atoms with van der Waals surface area (Å²) in [4.78, 5) is 0. The van der Waals surface area contributed by atoms with Gasteiger partial charge in [-0.1, -0.05) is 84.9 Å². The second-order valence-corrected chi connectivity index (χ2v) is 6.96. The normalized spacial score (nSPS) is 11.8. The van der Waals surface area contributed by atoms with Gasteiger partial charge in [0.05, 0.1) is 11.6 Å². The third-order valence-electron chi connectivity index (χ3n) is 5.28. The van der Waals surface area contributed by atoms with Crippen molar-refractivity contribution < 1.29 is 0 Å². The monoisotopic (exact) mass is 355 g/mol. The third kappa shape index (κ3) is 2.73. The van der Waals surface area contributed by atoms with Crippen LogP contribution in [0.4, 0.5) is 0 Å². The van der Waals surface area contributed by atoms with E-state index in [0.717, 1.165) is 27.3 Å². The van der Waals surface area contributed by atoms with E-state index in [-0.39, 0.29) is 0 Å². The van der Waals surface area contributed by atoms with E-state index in [2.05, 4.69) is 84.9 Å². The number of nitriles is 1. The SMILES string of the molecule is N#C/C(=C/c1c2ccccc2cc2ccccc12)c1ccc2ccccc2c1. The van der Waals surface area contributed by atoms with Crippen molar-refractivity contribution in [3.63, 3.8) is 0 Å². The zero-order valence-corrected chi connectivity index (χ0v) is 15.3. The Morgan fingerprint density at radius 2 is 1.18 bits per heavy atom. The lowest BCUT2D eigenvalue weighted by molar-refractivity contribution is 1.53. The van der Waals surface area contributed by atoms with Gasteiger partial charge >= 0.3 is 0 Å². The molecule has 0 aliphatic heterocycles. The van der Waals surface area contributed by atoms with Gasteiger partial charge in [-0.05, 0) is 61.7 Å². The average Bonchev–Trinajstić information content (AvgIpc) is 2.76. The van der Waals surface area contributed by atoms with Crippen LogP contribution in [0, 0.1) is 11.3 Å². The predicted molar refractivity (Wildman–Crippen MR) is 119 cm³/mol. The Bertz CT molecular complexity index is 1360. The van der Waals surface area contributed by atoms with Gasteiger partial charge in [-0.15, -0.1) is 0 Å². The predicted octanol–water partition coefficient (Wildman–Crippen LogP) is 7.21. The highest BCUT2D eigenvalue weighted by Gasteiger charge is 2.09. The number of allylic oxidation sites excluding steroid dienone is 1. The molecular weight excluding hydrogens is 338 g/mol. The van der Waals surface area contributed by atoms with E-state index in [4.69, 9.17) is 0 Å². The molecule has 5 rings (SSSR count). The molecule has 0 heterocycles. The molecule has 0 unspecified atom stereocenters. The number of fused-ring (bicyclic) bond motifs is 3. The number of hydrogen-bond donors (Lipinski definition) is 0. The molecule has 0 atom stereocenters. The van der Waals surface area contributed by atoms with E-state index >= 15 is 0 Å². The van der Waals surface area contributed by atoms with E-state index in [1.54, 1.807) is 0 Å². The quantitative estimate of drug-likeness (QED) is 0.186. The lowest BCUT2D eigenvalue weighted by Gasteiger charge is -2.10. The van der Waals surface area contributed by atoms with Crippen LogP contribution in [-0.2, 0) is 0 Å². The summed E-state index contributed by atoms with van der Waals surface area (Å²) < 4.78 is 0.